The first kappa shape index (κ1) is 17.0. The molecule has 22 heavy (non-hydrogen) atoms. The number of carbonyl (C=O) groups excluding carboxylic acids is 1. The predicted molar refractivity (Wildman–Crippen MR) is 87.1 cm³/mol. The number of nitrogens with zero attached hydrogens (tertiary/aromatic N) is 2. The Morgan fingerprint density at radius 2 is 1.59 bits per heavy atom. The summed E-state index contributed by atoms with van der Waals surface area (Å²) in [6.45, 7) is 3.89. The van der Waals surface area contributed by atoms with Crippen molar-refractivity contribution in [2.45, 2.75) is 26.2 Å². The van der Waals surface area contributed by atoms with Crippen molar-refractivity contribution in [3.63, 3.8) is 0 Å². The Balaban J connectivity index is 1.80. The lowest BCUT2D eigenvalue weighted by Gasteiger charge is -2.33. The summed E-state index contributed by atoms with van der Waals surface area (Å²) in [5.41, 5.74) is 2.47. The topological polar surface area (TPSA) is 57.7 Å². The molecule has 0 saturated carbocycles. The number of sulfonamides is 1. The maximum atomic E-state index is 12.2. The second-order valence-corrected chi connectivity index (χ2v) is 7.70. The Kier molecular flexibility index (Phi) is 5.58. The van der Waals surface area contributed by atoms with E-state index in [4.69, 9.17) is 0 Å². The van der Waals surface area contributed by atoms with Crippen LogP contribution in [0.3, 0.4) is 0 Å². The van der Waals surface area contributed by atoms with E-state index in [1.165, 1.54) is 21.7 Å². The third kappa shape index (κ3) is 4.55. The van der Waals surface area contributed by atoms with Crippen molar-refractivity contribution in [3.05, 3.63) is 35.4 Å². The molecular formula is C16H24N2O3S. The average molecular weight is 324 g/mol. The second-order valence-electron chi connectivity index (χ2n) is 5.71. The van der Waals surface area contributed by atoms with Gasteiger partial charge in [0, 0.05) is 32.6 Å². The third-order valence-electron chi connectivity index (χ3n) is 4.12. The lowest BCUT2D eigenvalue weighted by atomic mass is 10.1. The van der Waals surface area contributed by atoms with Crippen LogP contribution >= 0.6 is 0 Å². The number of aryl methyl sites for hydroxylation is 2. The van der Waals surface area contributed by atoms with Crippen molar-refractivity contribution in [1.82, 2.24) is 9.21 Å². The molecule has 122 valence electrons. The fourth-order valence-corrected chi connectivity index (χ4v) is 3.45. The normalized spacial score (nSPS) is 16.7. The maximum absolute atomic E-state index is 12.2. The Bertz CT molecular complexity index is 603. The minimum absolute atomic E-state index is 0.104. The summed E-state index contributed by atoms with van der Waals surface area (Å²) in [6, 6.07) is 8.36. The summed E-state index contributed by atoms with van der Waals surface area (Å²) in [7, 11) is -3.14. The molecule has 0 aromatic heterocycles. The van der Waals surface area contributed by atoms with E-state index in [-0.39, 0.29) is 5.91 Å². The van der Waals surface area contributed by atoms with Crippen LogP contribution in [0.1, 0.15) is 24.5 Å². The van der Waals surface area contributed by atoms with Gasteiger partial charge in [-0.3, -0.25) is 4.79 Å². The molecule has 1 saturated heterocycles. The highest BCUT2D eigenvalue weighted by Crippen LogP contribution is 2.11. The first-order chi connectivity index (χ1) is 10.4. The minimum Gasteiger partial charge on any atom is -0.340 e. The van der Waals surface area contributed by atoms with E-state index >= 15 is 0 Å². The van der Waals surface area contributed by atoms with Crippen LogP contribution in [-0.4, -0.2) is 56.0 Å². The minimum atomic E-state index is -3.14. The van der Waals surface area contributed by atoms with Crippen molar-refractivity contribution < 1.29 is 13.2 Å². The van der Waals surface area contributed by atoms with Gasteiger partial charge < -0.3 is 4.90 Å². The van der Waals surface area contributed by atoms with Gasteiger partial charge in [-0.1, -0.05) is 31.2 Å². The van der Waals surface area contributed by atoms with Gasteiger partial charge in [-0.2, -0.15) is 4.31 Å². The molecule has 0 N–H and O–H groups in total. The highest BCUT2D eigenvalue weighted by molar-refractivity contribution is 7.88. The van der Waals surface area contributed by atoms with Crippen LogP contribution in [0.4, 0.5) is 0 Å². The zero-order valence-electron chi connectivity index (χ0n) is 13.3. The predicted octanol–water partition coefficient (Wildman–Crippen LogP) is 1.29. The van der Waals surface area contributed by atoms with Gasteiger partial charge in [0.05, 0.1) is 6.26 Å². The van der Waals surface area contributed by atoms with Gasteiger partial charge in [-0.25, -0.2) is 8.42 Å². The smallest absolute Gasteiger partial charge is 0.222 e. The Morgan fingerprint density at radius 3 is 2.09 bits per heavy atom. The number of rotatable bonds is 5. The monoisotopic (exact) mass is 324 g/mol. The molecule has 0 aliphatic carbocycles. The van der Waals surface area contributed by atoms with Crippen molar-refractivity contribution in [2.24, 2.45) is 0 Å². The molecular weight excluding hydrogens is 300 g/mol. The molecule has 1 aromatic carbocycles. The molecule has 0 unspecified atom stereocenters. The summed E-state index contributed by atoms with van der Waals surface area (Å²) < 4.78 is 24.3. The zero-order chi connectivity index (χ0) is 16.2. The number of benzene rings is 1. The number of hydrogen-bond acceptors (Lipinski definition) is 3. The standard InChI is InChI=1S/C16H24N2O3S/c1-3-14-4-6-15(7-5-14)8-9-16(19)17-10-12-18(13-11-17)22(2,20)21/h4-7H,3,8-13H2,1-2H3. The van der Waals surface area contributed by atoms with Crippen LogP contribution in [0.15, 0.2) is 24.3 Å². The molecule has 1 aliphatic heterocycles. The highest BCUT2D eigenvalue weighted by atomic mass is 32.2. The zero-order valence-corrected chi connectivity index (χ0v) is 14.1. The molecule has 1 heterocycles. The third-order valence-corrected chi connectivity index (χ3v) is 5.42. The summed E-state index contributed by atoms with van der Waals surface area (Å²) in [6.07, 6.45) is 3.44. The lowest BCUT2D eigenvalue weighted by molar-refractivity contribution is -0.132. The summed E-state index contributed by atoms with van der Waals surface area (Å²) in [5.74, 6) is 0.104. The Labute approximate surface area is 133 Å². The molecule has 1 amide bonds. The molecule has 0 atom stereocenters. The van der Waals surface area contributed by atoms with E-state index in [0.29, 0.717) is 32.6 Å². The second kappa shape index (κ2) is 7.24. The summed E-state index contributed by atoms with van der Waals surface area (Å²) in [4.78, 5) is 14.0. The van der Waals surface area contributed by atoms with E-state index in [2.05, 4.69) is 31.2 Å². The van der Waals surface area contributed by atoms with Crippen LogP contribution in [0.2, 0.25) is 0 Å². The van der Waals surface area contributed by atoms with E-state index < -0.39 is 10.0 Å². The van der Waals surface area contributed by atoms with Gasteiger partial charge in [-0.15, -0.1) is 0 Å². The molecule has 1 fully saturated rings. The van der Waals surface area contributed by atoms with E-state index in [1.807, 2.05) is 0 Å². The van der Waals surface area contributed by atoms with Gasteiger partial charge >= 0.3 is 0 Å². The van der Waals surface area contributed by atoms with E-state index in [9.17, 15) is 13.2 Å². The molecule has 2 rings (SSSR count). The van der Waals surface area contributed by atoms with E-state index in [0.717, 1.165) is 12.8 Å². The molecule has 5 nitrogen and oxygen atoms in total. The average Bonchev–Trinajstić information content (AvgIpc) is 2.52. The number of carbonyl (C=O) groups is 1. The highest BCUT2D eigenvalue weighted by Gasteiger charge is 2.25. The first-order valence-electron chi connectivity index (χ1n) is 7.71. The molecule has 0 bridgehead atoms. The van der Waals surface area contributed by atoms with Crippen LogP contribution in [-0.2, 0) is 27.7 Å². The van der Waals surface area contributed by atoms with E-state index in [1.54, 1.807) is 4.90 Å². The summed E-state index contributed by atoms with van der Waals surface area (Å²) >= 11 is 0. The number of amides is 1. The van der Waals surface area contributed by atoms with Crippen LogP contribution in [0.5, 0.6) is 0 Å². The quantitative estimate of drug-likeness (QED) is 0.820. The fourth-order valence-electron chi connectivity index (χ4n) is 2.62. The van der Waals surface area contributed by atoms with Crippen LogP contribution in [0.25, 0.3) is 0 Å². The summed E-state index contributed by atoms with van der Waals surface area (Å²) in [5, 5.41) is 0. The van der Waals surface area contributed by atoms with Gasteiger partial charge in [0.1, 0.15) is 0 Å². The fraction of sp³-hybridized carbons (Fsp3) is 0.562. The van der Waals surface area contributed by atoms with Crippen molar-refractivity contribution in [3.8, 4) is 0 Å². The number of hydrogen-bond donors (Lipinski definition) is 0. The van der Waals surface area contributed by atoms with Crippen molar-refractivity contribution >= 4 is 15.9 Å². The largest absolute Gasteiger partial charge is 0.340 e. The van der Waals surface area contributed by atoms with Crippen LogP contribution < -0.4 is 0 Å². The maximum Gasteiger partial charge on any atom is 0.222 e. The Morgan fingerprint density at radius 1 is 1.05 bits per heavy atom. The first-order valence-corrected chi connectivity index (χ1v) is 9.55. The Hall–Kier alpha value is -1.40. The van der Waals surface area contributed by atoms with Crippen LogP contribution in [0, 0.1) is 0 Å². The molecule has 0 spiro atoms. The van der Waals surface area contributed by atoms with Crippen molar-refractivity contribution in [2.75, 3.05) is 32.4 Å². The van der Waals surface area contributed by atoms with Gasteiger partial charge in [0.25, 0.3) is 0 Å². The molecule has 1 aliphatic rings. The molecule has 6 heteroatoms. The van der Waals surface area contributed by atoms with Gasteiger partial charge in [0.2, 0.25) is 15.9 Å². The molecule has 0 radical (unpaired) electrons. The van der Waals surface area contributed by atoms with Gasteiger partial charge in [0.15, 0.2) is 0 Å². The van der Waals surface area contributed by atoms with Crippen molar-refractivity contribution in [1.29, 1.82) is 0 Å². The SMILES string of the molecule is CCc1ccc(CCC(=O)N2CCN(S(C)(=O)=O)CC2)cc1. The lowest BCUT2D eigenvalue weighted by Crippen LogP contribution is -2.50. The number of piperazine rings is 1. The van der Waals surface area contributed by atoms with Gasteiger partial charge in [-0.05, 0) is 24.0 Å². The molecule has 1 aromatic rings.